The Hall–Kier alpha value is -3.49. The molecule has 0 fully saturated rings. The highest BCUT2D eigenvalue weighted by molar-refractivity contribution is 6.00. The summed E-state index contributed by atoms with van der Waals surface area (Å²) in [5.41, 5.74) is 0.193. The van der Waals surface area contributed by atoms with Gasteiger partial charge in [-0.3, -0.25) is 14.4 Å². The number of carbonyl (C=O) groups is 3. The third kappa shape index (κ3) is 4.87. The van der Waals surface area contributed by atoms with Gasteiger partial charge in [-0.25, -0.2) is 8.78 Å². The van der Waals surface area contributed by atoms with E-state index < -0.39 is 36.2 Å². The Bertz CT molecular complexity index is 950. The van der Waals surface area contributed by atoms with Crippen LogP contribution >= 0.6 is 0 Å². The van der Waals surface area contributed by atoms with E-state index in [4.69, 9.17) is 9.47 Å². The van der Waals surface area contributed by atoms with E-state index in [1.807, 2.05) is 0 Å². The lowest BCUT2D eigenvalue weighted by atomic mass is 10.2. The van der Waals surface area contributed by atoms with E-state index in [9.17, 15) is 23.2 Å². The maximum absolute atomic E-state index is 13.5. The van der Waals surface area contributed by atoms with Gasteiger partial charge >= 0.3 is 5.97 Å². The van der Waals surface area contributed by atoms with Crippen molar-refractivity contribution in [2.24, 2.45) is 0 Å². The number of esters is 1. The third-order valence-electron chi connectivity index (χ3n) is 4.18. The molecule has 1 atom stereocenters. The topological polar surface area (TPSA) is 84.9 Å². The average Bonchev–Trinajstić information content (AvgIpc) is 2.69. The summed E-state index contributed by atoms with van der Waals surface area (Å²) in [5.74, 6) is -2.83. The van der Waals surface area contributed by atoms with Crippen molar-refractivity contribution in [1.29, 1.82) is 0 Å². The Morgan fingerprint density at radius 1 is 1.21 bits per heavy atom. The zero-order valence-electron chi connectivity index (χ0n) is 15.5. The van der Waals surface area contributed by atoms with Gasteiger partial charge in [0.1, 0.15) is 17.4 Å². The quantitative estimate of drug-likeness (QED) is 0.749. The Balaban J connectivity index is 1.52. The molecule has 9 heteroatoms. The number of hydrogen-bond donors (Lipinski definition) is 1. The molecule has 0 bridgehead atoms. The van der Waals surface area contributed by atoms with E-state index in [0.717, 1.165) is 18.2 Å². The molecule has 7 nitrogen and oxygen atoms in total. The molecule has 29 heavy (non-hydrogen) atoms. The molecular formula is C20H18F2N2O5. The lowest BCUT2D eigenvalue weighted by Crippen LogP contribution is -2.45. The van der Waals surface area contributed by atoms with Crippen LogP contribution in [-0.2, 0) is 19.1 Å². The number of carbonyl (C=O) groups excluding carboxylic acids is 3. The molecule has 2 amide bonds. The molecule has 1 unspecified atom stereocenters. The first-order valence-electron chi connectivity index (χ1n) is 8.82. The van der Waals surface area contributed by atoms with Crippen LogP contribution in [0.4, 0.5) is 20.2 Å². The molecule has 2 aromatic carbocycles. The highest BCUT2D eigenvalue weighted by atomic mass is 19.1. The second-order valence-corrected chi connectivity index (χ2v) is 6.30. The standard InChI is InChI=1S/C20H18F2N2O5/c1-12-20(27)24(16-4-2-3-5-17(16)29-12)9-8-19(26)28-11-18(25)23-15-10-13(21)6-7-14(15)22/h2-7,10,12H,8-9,11H2,1H3,(H,23,25). The average molecular weight is 404 g/mol. The van der Waals surface area contributed by atoms with Gasteiger partial charge in [0.2, 0.25) is 0 Å². The fourth-order valence-electron chi connectivity index (χ4n) is 2.79. The summed E-state index contributed by atoms with van der Waals surface area (Å²) in [6.07, 6.45) is -0.845. The summed E-state index contributed by atoms with van der Waals surface area (Å²) in [7, 11) is 0. The minimum absolute atomic E-state index is 0.0442. The molecule has 0 spiro atoms. The van der Waals surface area contributed by atoms with Crippen LogP contribution in [0.1, 0.15) is 13.3 Å². The summed E-state index contributed by atoms with van der Waals surface area (Å²) < 4.78 is 37.0. The lowest BCUT2D eigenvalue weighted by Gasteiger charge is -2.32. The van der Waals surface area contributed by atoms with E-state index >= 15 is 0 Å². The fourth-order valence-corrected chi connectivity index (χ4v) is 2.79. The Morgan fingerprint density at radius 2 is 1.97 bits per heavy atom. The number of hydrogen-bond acceptors (Lipinski definition) is 5. The molecule has 0 saturated heterocycles. The molecule has 2 aromatic rings. The van der Waals surface area contributed by atoms with Gasteiger partial charge < -0.3 is 19.7 Å². The number of anilines is 2. The Kier molecular flexibility index (Phi) is 6.06. The smallest absolute Gasteiger partial charge is 0.308 e. The monoisotopic (exact) mass is 404 g/mol. The first-order valence-corrected chi connectivity index (χ1v) is 8.82. The first-order chi connectivity index (χ1) is 13.8. The molecular weight excluding hydrogens is 386 g/mol. The minimum atomic E-state index is -0.815. The second kappa shape index (κ2) is 8.68. The van der Waals surface area contributed by atoms with Crippen molar-refractivity contribution in [3.05, 3.63) is 54.1 Å². The van der Waals surface area contributed by atoms with Crippen LogP contribution in [0.25, 0.3) is 0 Å². The summed E-state index contributed by atoms with van der Waals surface area (Å²) in [6.45, 7) is 0.987. The molecule has 0 aromatic heterocycles. The molecule has 0 radical (unpaired) electrons. The van der Waals surface area contributed by atoms with E-state index in [1.165, 1.54) is 4.90 Å². The molecule has 1 N–H and O–H groups in total. The molecule has 1 aliphatic rings. The summed E-state index contributed by atoms with van der Waals surface area (Å²) in [5, 5.41) is 2.13. The van der Waals surface area contributed by atoms with Gasteiger partial charge in [-0.2, -0.15) is 0 Å². The maximum atomic E-state index is 13.5. The van der Waals surface area contributed by atoms with Crippen LogP contribution in [0, 0.1) is 11.6 Å². The highest BCUT2D eigenvalue weighted by Gasteiger charge is 2.31. The summed E-state index contributed by atoms with van der Waals surface area (Å²) in [4.78, 5) is 37.5. The van der Waals surface area contributed by atoms with Crippen LogP contribution in [0.3, 0.4) is 0 Å². The van der Waals surface area contributed by atoms with Crippen LogP contribution < -0.4 is 15.0 Å². The van der Waals surface area contributed by atoms with Crippen molar-refractivity contribution in [3.63, 3.8) is 0 Å². The molecule has 1 aliphatic heterocycles. The number of nitrogens with zero attached hydrogens (tertiary/aromatic N) is 1. The predicted molar refractivity (Wildman–Crippen MR) is 99.4 cm³/mol. The van der Waals surface area contributed by atoms with Crippen molar-refractivity contribution in [2.75, 3.05) is 23.4 Å². The zero-order chi connectivity index (χ0) is 21.0. The van der Waals surface area contributed by atoms with E-state index in [-0.39, 0.29) is 24.6 Å². The summed E-state index contributed by atoms with van der Waals surface area (Å²) in [6, 6.07) is 9.54. The Labute approximate surface area is 165 Å². The number of benzene rings is 2. The Morgan fingerprint density at radius 3 is 2.76 bits per heavy atom. The number of amides is 2. The number of para-hydroxylation sites is 2. The van der Waals surface area contributed by atoms with E-state index in [0.29, 0.717) is 11.4 Å². The van der Waals surface area contributed by atoms with Crippen molar-refractivity contribution >= 4 is 29.2 Å². The largest absolute Gasteiger partial charge is 0.479 e. The van der Waals surface area contributed by atoms with Gasteiger partial charge in [0.15, 0.2) is 12.7 Å². The maximum Gasteiger partial charge on any atom is 0.308 e. The normalized spacial score (nSPS) is 15.3. The third-order valence-corrected chi connectivity index (χ3v) is 4.18. The van der Waals surface area contributed by atoms with Gasteiger partial charge in [0, 0.05) is 12.6 Å². The fraction of sp³-hybridized carbons (Fsp3) is 0.250. The van der Waals surface area contributed by atoms with Gasteiger partial charge in [-0.05, 0) is 31.2 Å². The van der Waals surface area contributed by atoms with Crippen molar-refractivity contribution in [1.82, 2.24) is 0 Å². The number of fused-ring (bicyclic) bond motifs is 1. The van der Waals surface area contributed by atoms with Crippen LogP contribution in [0.2, 0.25) is 0 Å². The molecule has 3 rings (SSSR count). The van der Waals surface area contributed by atoms with Gasteiger partial charge in [-0.1, -0.05) is 12.1 Å². The van der Waals surface area contributed by atoms with Crippen molar-refractivity contribution in [2.45, 2.75) is 19.4 Å². The number of ether oxygens (including phenoxy) is 2. The van der Waals surface area contributed by atoms with Gasteiger partial charge in [-0.15, -0.1) is 0 Å². The van der Waals surface area contributed by atoms with Crippen LogP contribution in [0.15, 0.2) is 42.5 Å². The van der Waals surface area contributed by atoms with Crippen LogP contribution in [-0.4, -0.2) is 37.0 Å². The molecule has 152 valence electrons. The summed E-state index contributed by atoms with van der Waals surface area (Å²) >= 11 is 0. The second-order valence-electron chi connectivity index (χ2n) is 6.30. The molecule has 0 aliphatic carbocycles. The van der Waals surface area contributed by atoms with E-state index in [2.05, 4.69) is 5.32 Å². The highest BCUT2D eigenvalue weighted by Crippen LogP contribution is 2.33. The first kappa shape index (κ1) is 20.2. The number of rotatable bonds is 6. The molecule has 0 saturated carbocycles. The molecule has 1 heterocycles. The van der Waals surface area contributed by atoms with E-state index in [1.54, 1.807) is 31.2 Å². The van der Waals surface area contributed by atoms with Crippen molar-refractivity contribution < 1.29 is 32.6 Å². The lowest BCUT2D eigenvalue weighted by molar-refractivity contribution is -0.147. The van der Waals surface area contributed by atoms with Gasteiger partial charge in [0.05, 0.1) is 17.8 Å². The van der Waals surface area contributed by atoms with Crippen molar-refractivity contribution in [3.8, 4) is 5.75 Å². The predicted octanol–water partition coefficient (Wildman–Crippen LogP) is 2.65. The minimum Gasteiger partial charge on any atom is -0.479 e. The number of halogens is 2. The van der Waals surface area contributed by atoms with Gasteiger partial charge in [0.25, 0.3) is 11.8 Å². The number of nitrogens with one attached hydrogen (secondary N) is 1. The zero-order valence-corrected chi connectivity index (χ0v) is 15.5. The van der Waals surface area contributed by atoms with Crippen LogP contribution in [0.5, 0.6) is 5.75 Å². The SMILES string of the molecule is CC1Oc2ccccc2N(CCC(=O)OCC(=O)Nc2cc(F)ccc2F)C1=O.